The van der Waals surface area contributed by atoms with Crippen molar-refractivity contribution in [2.24, 2.45) is 0 Å². The molecule has 7 nitrogen and oxygen atoms in total. The zero-order valence-electron chi connectivity index (χ0n) is 10.0. The van der Waals surface area contributed by atoms with Crippen LogP contribution in [-0.2, 0) is 13.0 Å². The molecule has 2 N–H and O–H groups in total. The van der Waals surface area contributed by atoms with Crippen molar-refractivity contribution in [3.63, 3.8) is 0 Å². The normalized spacial score (nSPS) is 10.4. The van der Waals surface area contributed by atoms with Crippen LogP contribution in [0.1, 0.15) is 37.9 Å². The number of nitrogens with zero attached hydrogens (tertiary/aromatic N) is 2. The maximum Gasteiger partial charge on any atom is 0.374 e. The van der Waals surface area contributed by atoms with Crippen molar-refractivity contribution in [1.82, 2.24) is 15.5 Å². The van der Waals surface area contributed by atoms with Crippen LogP contribution < -0.4 is 5.32 Å². The predicted molar refractivity (Wildman–Crippen MR) is 66.1 cm³/mol. The first-order chi connectivity index (χ1) is 9.10. The Labute approximate surface area is 112 Å². The van der Waals surface area contributed by atoms with E-state index >= 15 is 0 Å². The van der Waals surface area contributed by atoms with Crippen LogP contribution in [-0.4, -0.2) is 27.1 Å². The minimum Gasteiger partial charge on any atom is -0.475 e. The van der Waals surface area contributed by atoms with Gasteiger partial charge in [-0.15, -0.1) is 11.3 Å². The number of aryl methyl sites for hydroxylation is 1. The second kappa shape index (κ2) is 5.61. The van der Waals surface area contributed by atoms with E-state index in [1.165, 1.54) is 11.3 Å². The van der Waals surface area contributed by atoms with E-state index in [1.54, 1.807) is 6.20 Å². The maximum atomic E-state index is 11.7. The average molecular weight is 281 g/mol. The third kappa shape index (κ3) is 3.16. The zero-order chi connectivity index (χ0) is 13.8. The molecule has 2 rings (SSSR count). The monoisotopic (exact) mass is 281 g/mol. The number of carboxylic acids is 1. The van der Waals surface area contributed by atoms with E-state index in [2.05, 4.69) is 20.0 Å². The second-order valence-electron chi connectivity index (χ2n) is 3.64. The van der Waals surface area contributed by atoms with Crippen LogP contribution in [0.15, 0.2) is 16.8 Å². The predicted octanol–water partition coefficient (Wildman–Crippen LogP) is 1.32. The van der Waals surface area contributed by atoms with Crippen LogP contribution in [0, 0.1) is 0 Å². The van der Waals surface area contributed by atoms with Crippen LogP contribution >= 0.6 is 11.3 Å². The number of carbonyl (C=O) groups is 2. The maximum absolute atomic E-state index is 11.7. The van der Waals surface area contributed by atoms with Gasteiger partial charge in [-0.2, -0.15) is 0 Å². The Kier molecular flexibility index (Phi) is 3.91. The average Bonchev–Trinajstić information content (AvgIpc) is 3.04. The van der Waals surface area contributed by atoms with Gasteiger partial charge in [-0.3, -0.25) is 4.79 Å². The van der Waals surface area contributed by atoms with Crippen molar-refractivity contribution < 1.29 is 19.2 Å². The summed E-state index contributed by atoms with van der Waals surface area (Å²) in [7, 11) is 0. The van der Waals surface area contributed by atoms with E-state index in [9.17, 15) is 9.59 Å². The SMILES string of the molecule is CCc1cnc(CNC(=O)c2cc(C(=O)O)on2)s1. The topological polar surface area (TPSA) is 105 Å². The summed E-state index contributed by atoms with van der Waals surface area (Å²) in [6.07, 6.45) is 2.67. The van der Waals surface area contributed by atoms with Crippen molar-refractivity contribution in [2.75, 3.05) is 0 Å². The number of rotatable bonds is 5. The number of hydrogen-bond acceptors (Lipinski definition) is 6. The number of carboxylic acid groups (broad SMARTS) is 1. The Balaban J connectivity index is 1.95. The van der Waals surface area contributed by atoms with E-state index in [0.717, 1.165) is 22.4 Å². The number of nitrogens with one attached hydrogen (secondary N) is 1. The summed E-state index contributed by atoms with van der Waals surface area (Å²) in [4.78, 5) is 27.5. The van der Waals surface area contributed by atoms with Gasteiger partial charge < -0.3 is 14.9 Å². The fraction of sp³-hybridized carbons (Fsp3) is 0.273. The quantitative estimate of drug-likeness (QED) is 0.856. The lowest BCUT2D eigenvalue weighted by molar-refractivity contribution is 0.0651. The molecular weight excluding hydrogens is 270 g/mol. The lowest BCUT2D eigenvalue weighted by Crippen LogP contribution is -2.22. The lowest BCUT2D eigenvalue weighted by atomic mass is 10.3. The molecular formula is C11H11N3O4S. The highest BCUT2D eigenvalue weighted by atomic mass is 32.1. The van der Waals surface area contributed by atoms with E-state index in [4.69, 9.17) is 5.11 Å². The molecule has 0 saturated carbocycles. The third-order valence-corrected chi connectivity index (χ3v) is 3.45. The number of hydrogen-bond donors (Lipinski definition) is 2. The van der Waals surface area contributed by atoms with Crippen molar-refractivity contribution in [2.45, 2.75) is 19.9 Å². The standard InChI is InChI=1S/C11H11N3O4S/c1-2-6-4-12-9(19-6)5-13-10(15)7-3-8(11(16)17)18-14-7/h3-4H,2,5H2,1H3,(H,13,15)(H,16,17). The van der Waals surface area contributed by atoms with Crippen molar-refractivity contribution in [1.29, 1.82) is 0 Å². The molecule has 8 heteroatoms. The molecule has 0 aliphatic heterocycles. The summed E-state index contributed by atoms with van der Waals surface area (Å²) in [6, 6.07) is 1.08. The minimum atomic E-state index is -1.26. The molecule has 0 radical (unpaired) electrons. The summed E-state index contributed by atoms with van der Waals surface area (Å²) in [6.45, 7) is 2.30. The Morgan fingerprint density at radius 1 is 1.53 bits per heavy atom. The van der Waals surface area contributed by atoms with E-state index in [-0.39, 0.29) is 18.0 Å². The van der Waals surface area contributed by atoms with Gasteiger partial charge in [-0.05, 0) is 6.42 Å². The number of carbonyl (C=O) groups excluding carboxylic acids is 1. The van der Waals surface area contributed by atoms with Crippen LogP contribution in [0.3, 0.4) is 0 Å². The summed E-state index contributed by atoms with van der Waals surface area (Å²) in [5.41, 5.74) is -0.0651. The highest BCUT2D eigenvalue weighted by Crippen LogP contribution is 2.13. The molecule has 0 fully saturated rings. The molecule has 2 aromatic heterocycles. The second-order valence-corrected chi connectivity index (χ2v) is 4.84. The van der Waals surface area contributed by atoms with Crippen molar-refractivity contribution in [3.05, 3.63) is 33.6 Å². The largest absolute Gasteiger partial charge is 0.475 e. The van der Waals surface area contributed by atoms with Crippen LogP contribution in [0.4, 0.5) is 0 Å². The fourth-order valence-electron chi connectivity index (χ4n) is 1.32. The summed E-state index contributed by atoms with van der Waals surface area (Å²) in [5, 5.41) is 15.4. The summed E-state index contributed by atoms with van der Waals surface area (Å²) >= 11 is 1.52. The van der Waals surface area contributed by atoms with Gasteiger partial charge in [-0.25, -0.2) is 9.78 Å². The molecule has 0 atom stereocenters. The van der Waals surface area contributed by atoms with Gasteiger partial charge in [-0.1, -0.05) is 12.1 Å². The molecule has 0 bridgehead atoms. The van der Waals surface area contributed by atoms with Gasteiger partial charge in [0.2, 0.25) is 5.76 Å². The van der Waals surface area contributed by atoms with Crippen molar-refractivity contribution >= 4 is 23.2 Å². The lowest BCUT2D eigenvalue weighted by Gasteiger charge is -1.98. The van der Waals surface area contributed by atoms with Gasteiger partial charge in [0.05, 0.1) is 6.54 Å². The molecule has 2 heterocycles. The molecule has 0 saturated heterocycles. The highest BCUT2D eigenvalue weighted by molar-refractivity contribution is 7.11. The Morgan fingerprint density at radius 2 is 2.32 bits per heavy atom. The van der Waals surface area contributed by atoms with Gasteiger partial charge in [0, 0.05) is 17.1 Å². The summed E-state index contributed by atoms with van der Waals surface area (Å²) in [5.74, 6) is -2.13. The first-order valence-corrected chi connectivity index (χ1v) is 6.33. The van der Waals surface area contributed by atoms with Crippen molar-refractivity contribution in [3.8, 4) is 0 Å². The van der Waals surface area contributed by atoms with Gasteiger partial charge >= 0.3 is 5.97 Å². The number of aromatic nitrogens is 2. The molecule has 0 aliphatic rings. The minimum absolute atomic E-state index is 0.0651. The number of amides is 1. The third-order valence-electron chi connectivity index (χ3n) is 2.30. The molecule has 2 aromatic rings. The van der Waals surface area contributed by atoms with Gasteiger partial charge in [0.25, 0.3) is 5.91 Å². The Morgan fingerprint density at radius 3 is 2.89 bits per heavy atom. The molecule has 0 unspecified atom stereocenters. The molecule has 1 amide bonds. The highest BCUT2D eigenvalue weighted by Gasteiger charge is 2.16. The van der Waals surface area contributed by atoms with E-state index in [1.807, 2.05) is 6.92 Å². The zero-order valence-corrected chi connectivity index (χ0v) is 10.9. The van der Waals surface area contributed by atoms with Crippen LogP contribution in [0.2, 0.25) is 0 Å². The first-order valence-electron chi connectivity index (χ1n) is 5.52. The summed E-state index contributed by atoms with van der Waals surface area (Å²) < 4.78 is 4.50. The first kappa shape index (κ1) is 13.2. The smallest absolute Gasteiger partial charge is 0.374 e. The molecule has 0 aliphatic carbocycles. The van der Waals surface area contributed by atoms with Crippen LogP contribution in [0.5, 0.6) is 0 Å². The molecule has 0 spiro atoms. The fourth-order valence-corrected chi connectivity index (χ4v) is 2.12. The van der Waals surface area contributed by atoms with E-state index < -0.39 is 11.9 Å². The number of thiazole rings is 1. The Hall–Kier alpha value is -2.22. The molecule has 100 valence electrons. The van der Waals surface area contributed by atoms with Gasteiger partial charge in [0.1, 0.15) is 5.01 Å². The molecule has 19 heavy (non-hydrogen) atoms. The Bertz CT molecular complexity index is 605. The number of aromatic carboxylic acids is 1. The van der Waals surface area contributed by atoms with Gasteiger partial charge in [0.15, 0.2) is 5.69 Å². The molecule has 0 aromatic carbocycles. The van der Waals surface area contributed by atoms with Crippen LogP contribution in [0.25, 0.3) is 0 Å². The van der Waals surface area contributed by atoms with E-state index in [0.29, 0.717) is 0 Å².